The first-order valence-corrected chi connectivity index (χ1v) is 6.66. The van der Waals surface area contributed by atoms with Gasteiger partial charge >= 0.3 is 0 Å². The minimum Gasteiger partial charge on any atom is -0.462 e. The minimum absolute atomic E-state index is 0.318. The number of rotatable bonds is 2. The summed E-state index contributed by atoms with van der Waals surface area (Å²) in [6.45, 7) is 8.03. The Morgan fingerprint density at radius 1 is 0.850 bits per heavy atom. The molecule has 0 bridgehead atoms. The first-order valence-electron chi connectivity index (χ1n) is 6.66. The van der Waals surface area contributed by atoms with Gasteiger partial charge in [0, 0.05) is 0 Å². The molecule has 0 aliphatic heterocycles. The standard InChI is InChI=1S/C13H12.C5H10O2/c1-11-7-9-13(10-8-11)12-5-3-2-4-6-12;1-5(2,3)7-4-6/h2-10H,1H3;4H,1-3H3. The van der Waals surface area contributed by atoms with Gasteiger partial charge in [-0.25, -0.2) is 0 Å². The van der Waals surface area contributed by atoms with Gasteiger partial charge in [0.15, 0.2) is 0 Å². The lowest BCUT2D eigenvalue weighted by Gasteiger charge is -2.14. The molecule has 20 heavy (non-hydrogen) atoms. The van der Waals surface area contributed by atoms with Gasteiger partial charge in [-0.3, -0.25) is 4.79 Å². The molecule has 0 aliphatic carbocycles. The highest BCUT2D eigenvalue weighted by molar-refractivity contribution is 5.63. The average molecular weight is 270 g/mol. The number of carbonyl (C=O) groups excluding carboxylic acids is 1. The van der Waals surface area contributed by atoms with E-state index in [2.05, 4.69) is 60.2 Å². The van der Waals surface area contributed by atoms with Crippen molar-refractivity contribution in [3.63, 3.8) is 0 Å². The zero-order valence-corrected chi connectivity index (χ0v) is 12.6. The molecule has 0 saturated heterocycles. The maximum Gasteiger partial charge on any atom is 0.293 e. The van der Waals surface area contributed by atoms with E-state index in [0.29, 0.717) is 6.47 Å². The Bertz CT molecular complexity index is 507. The van der Waals surface area contributed by atoms with Crippen molar-refractivity contribution in [3.8, 4) is 11.1 Å². The average Bonchev–Trinajstić information content (AvgIpc) is 2.40. The van der Waals surface area contributed by atoms with E-state index in [-0.39, 0.29) is 5.60 Å². The minimum atomic E-state index is -0.318. The third kappa shape index (κ3) is 6.19. The second-order valence-corrected chi connectivity index (χ2v) is 5.56. The predicted octanol–water partition coefficient (Wildman–Crippen LogP) is 4.62. The summed E-state index contributed by atoms with van der Waals surface area (Å²) in [4.78, 5) is 9.60. The van der Waals surface area contributed by atoms with Crippen molar-refractivity contribution in [1.29, 1.82) is 0 Å². The van der Waals surface area contributed by atoms with Gasteiger partial charge in [-0.1, -0.05) is 60.2 Å². The number of hydrogen-bond donors (Lipinski definition) is 0. The Hall–Kier alpha value is -2.09. The van der Waals surface area contributed by atoms with E-state index in [0.717, 1.165) is 0 Å². The molecule has 0 spiro atoms. The predicted molar refractivity (Wildman–Crippen MR) is 83.5 cm³/mol. The van der Waals surface area contributed by atoms with Crippen molar-refractivity contribution in [2.45, 2.75) is 33.3 Å². The summed E-state index contributed by atoms with van der Waals surface area (Å²) in [5, 5.41) is 0. The molecule has 0 N–H and O–H groups in total. The van der Waals surface area contributed by atoms with E-state index in [1.165, 1.54) is 16.7 Å². The molecule has 0 aliphatic rings. The van der Waals surface area contributed by atoms with E-state index >= 15 is 0 Å². The molecule has 0 saturated carbocycles. The second kappa shape index (κ2) is 7.49. The zero-order valence-electron chi connectivity index (χ0n) is 12.6. The van der Waals surface area contributed by atoms with Gasteiger partial charge in [0.2, 0.25) is 0 Å². The molecule has 0 radical (unpaired) electrons. The largest absolute Gasteiger partial charge is 0.462 e. The molecule has 0 aromatic heterocycles. The van der Waals surface area contributed by atoms with Gasteiger partial charge in [0.25, 0.3) is 6.47 Å². The van der Waals surface area contributed by atoms with Gasteiger partial charge in [-0.2, -0.15) is 0 Å². The maximum atomic E-state index is 9.60. The zero-order chi connectivity index (χ0) is 15.0. The molecule has 0 unspecified atom stereocenters. The normalized spacial score (nSPS) is 10.2. The number of ether oxygens (including phenoxy) is 1. The van der Waals surface area contributed by atoms with Crippen LogP contribution in [0.15, 0.2) is 54.6 Å². The summed E-state index contributed by atoms with van der Waals surface area (Å²) in [5.41, 5.74) is 3.55. The number of carbonyl (C=O) groups is 1. The van der Waals surface area contributed by atoms with Gasteiger partial charge in [-0.05, 0) is 38.8 Å². The van der Waals surface area contributed by atoms with Crippen molar-refractivity contribution in [2.24, 2.45) is 0 Å². The Morgan fingerprint density at radius 2 is 1.35 bits per heavy atom. The summed E-state index contributed by atoms with van der Waals surface area (Å²) in [5.74, 6) is 0. The molecule has 2 aromatic rings. The second-order valence-electron chi connectivity index (χ2n) is 5.56. The summed E-state index contributed by atoms with van der Waals surface area (Å²) in [6, 6.07) is 19.0. The fourth-order valence-electron chi connectivity index (χ4n) is 1.52. The van der Waals surface area contributed by atoms with Crippen LogP contribution in [0.2, 0.25) is 0 Å². The third-order valence-electron chi connectivity index (χ3n) is 2.56. The summed E-state index contributed by atoms with van der Waals surface area (Å²) < 4.78 is 4.55. The highest BCUT2D eigenvalue weighted by Gasteiger charge is 2.07. The SMILES string of the molecule is CC(C)(C)OC=O.Cc1ccc(-c2ccccc2)cc1. The van der Waals surface area contributed by atoms with Gasteiger partial charge < -0.3 is 4.74 Å². The Morgan fingerprint density at radius 3 is 1.75 bits per heavy atom. The molecule has 2 aromatic carbocycles. The first-order chi connectivity index (χ1) is 9.42. The lowest BCUT2D eigenvalue weighted by molar-refractivity contribution is -0.138. The molecular weight excluding hydrogens is 248 g/mol. The fourth-order valence-corrected chi connectivity index (χ4v) is 1.52. The molecule has 106 valence electrons. The molecule has 2 nitrogen and oxygen atoms in total. The number of aryl methyl sites for hydroxylation is 1. The van der Waals surface area contributed by atoms with Gasteiger partial charge in [0.1, 0.15) is 5.60 Å². The van der Waals surface area contributed by atoms with Crippen LogP contribution < -0.4 is 0 Å². The highest BCUT2D eigenvalue weighted by atomic mass is 16.5. The van der Waals surface area contributed by atoms with Crippen LogP contribution in [0.5, 0.6) is 0 Å². The van der Waals surface area contributed by atoms with Crippen LogP contribution >= 0.6 is 0 Å². The Balaban J connectivity index is 0.000000246. The van der Waals surface area contributed by atoms with Crippen LogP contribution in [-0.4, -0.2) is 12.1 Å². The first kappa shape index (κ1) is 16.0. The van der Waals surface area contributed by atoms with E-state index in [1.54, 1.807) is 0 Å². The van der Waals surface area contributed by atoms with E-state index in [1.807, 2.05) is 26.8 Å². The molecule has 0 heterocycles. The molecule has 0 fully saturated rings. The molecule has 2 heteroatoms. The molecular formula is C18H22O2. The topological polar surface area (TPSA) is 26.3 Å². The van der Waals surface area contributed by atoms with Crippen LogP contribution in [0.25, 0.3) is 11.1 Å². The number of hydrogen-bond acceptors (Lipinski definition) is 2. The smallest absolute Gasteiger partial charge is 0.293 e. The molecule has 2 rings (SSSR count). The maximum absolute atomic E-state index is 9.60. The molecule has 0 amide bonds. The van der Waals surface area contributed by atoms with E-state index in [9.17, 15) is 4.79 Å². The Kier molecular flexibility index (Phi) is 5.98. The summed E-state index contributed by atoms with van der Waals surface area (Å²) in [6.07, 6.45) is 0. The van der Waals surface area contributed by atoms with Crippen molar-refractivity contribution in [2.75, 3.05) is 0 Å². The van der Waals surface area contributed by atoms with E-state index in [4.69, 9.17) is 0 Å². The Labute approximate surface area is 121 Å². The van der Waals surface area contributed by atoms with Crippen molar-refractivity contribution >= 4 is 6.47 Å². The molecule has 0 atom stereocenters. The van der Waals surface area contributed by atoms with Crippen LogP contribution in [-0.2, 0) is 9.53 Å². The van der Waals surface area contributed by atoms with Crippen molar-refractivity contribution in [3.05, 3.63) is 60.2 Å². The van der Waals surface area contributed by atoms with Crippen LogP contribution in [0.1, 0.15) is 26.3 Å². The van der Waals surface area contributed by atoms with Crippen molar-refractivity contribution < 1.29 is 9.53 Å². The third-order valence-corrected chi connectivity index (χ3v) is 2.56. The summed E-state index contributed by atoms with van der Waals surface area (Å²) >= 11 is 0. The lowest BCUT2D eigenvalue weighted by Crippen LogP contribution is -2.17. The lowest BCUT2D eigenvalue weighted by atomic mass is 10.0. The fraction of sp³-hybridized carbons (Fsp3) is 0.278. The van der Waals surface area contributed by atoms with Crippen LogP contribution in [0.4, 0.5) is 0 Å². The monoisotopic (exact) mass is 270 g/mol. The van der Waals surface area contributed by atoms with Crippen LogP contribution in [0, 0.1) is 6.92 Å². The van der Waals surface area contributed by atoms with Crippen molar-refractivity contribution in [1.82, 2.24) is 0 Å². The quantitative estimate of drug-likeness (QED) is 0.744. The van der Waals surface area contributed by atoms with Crippen LogP contribution in [0.3, 0.4) is 0 Å². The summed E-state index contributed by atoms with van der Waals surface area (Å²) in [7, 11) is 0. The van der Waals surface area contributed by atoms with Gasteiger partial charge in [-0.15, -0.1) is 0 Å². The highest BCUT2D eigenvalue weighted by Crippen LogP contribution is 2.18. The van der Waals surface area contributed by atoms with Gasteiger partial charge in [0.05, 0.1) is 0 Å². The van der Waals surface area contributed by atoms with E-state index < -0.39 is 0 Å². The number of benzene rings is 2.